The Balaban J connectivity index is 0.000000269. The van der Waals surface area contributed by atoms with Gasteiger partial charge in [-0.3, -0.25) is 0 Å². The smallest absolute Gasteiger partial charge is 0.354 e. The molecule has 4 rings (SSSR count). The van der Waals surface area contributed by atoms with Gasteiger partial charge in [0, 0.05) is 17.6 Å². The monoisotopic (exact) mass is 504 g/mol. The molecule has 0 atom stereocenters. The van der Waals surface area contributed by atoms with Crippen molar-refractivity contribution in [3.05, 3.63) is 39.6 Å². The normalized spacial score (nSPS) is 15.4. The van der Waals surface area contributed by atoms with Gasteiger partial charge >= 0.3 is 5.97 Å². The number of carboxylic acid groups (broad SMARTS) is 1. The molecule has 2 heterocycles. The molecule has 1 aliphatic heterocycles. The zero-order valence-corrected chi connectivity index (χ0v) is 21.4. The Morgan fingerprint density at radius 3 is 2.56 bits per heavy atom. The number of hydrogen-bond donors (Lipinski definition) is 2. The molecule has 1 aliphatic carbocycles. The summed E-state index contributed by atoms with van der Waals surface area (Å²) in [7, 11) is 0. The van der Waals surface area contributed by atoms with Crippen LogP contribution >= 0.6 is 15.9 Å². The number of hydrogen-bond acceptors (Lipinski definition) is 4. The zero-order chi connectivity index (χ0) is 23.3. The summed E-state index contributed by atoms with van der Waals surface area (Å²) in [5.41, 5.74) is 3.26. The number of aromatic carboxylic acids is 1. The highest BCUT2D eigenvalue weighted by Gasteiger charge is 2.31. The molecule has 2 aromatic rings. The molecule has 2 N–H and O–H groups in total. The predicted octanol–water partition coefficient (Wildman–Crippen LogP) is 5.97. The van der Waals surface area contributed by atoms with Crippen molar-refractivity contribution in [2.24, 2.45) is 5.92 Å². The minimum atomic E-state index is -0.906. The molecule has 2 aliphatic rings. The van der Waals surface area contributed by atoms with Crippen LogP contribution in [0.1, 0.15) is 81.0 Å². The summed E-state index contributed by atoms with van der Waals surface area (Å²) in [4.78, 5) is 18.2. The van der Waals surface area contributed by atoms with E-state index in [0.717, 1.165) is 28.6 Å². The number of carboxylic acids is 1. The summed E-state index contributed by atoms with van der Waals surface area (Å²) < 4.78 is 2.82. The molecule has 0 radical (unpaired) electrons. The molecule has 1 fully saturated rings. The van der Waals surface area contributed by atoms with Gasteiger partial charge in [0.2, 0.25) is 5.95 Å². The Hall–Kier alpha value is -1.86. The van der Waals surface area contributed by atoms with Crippen molar-refractivity contribution in [3.63, 3.8) is 0 Å². The summed E-state index contributed by atoms with van der Waals surface area (Å²) in [6.07, 6.45) is 6.29. The van der Waals surface area contributed by atoms with E-state index < -0.39 is 5.97 Å². The highest BCUT2D eigenvalue weighted by atomic mass is 79.9. The maximum atomic E-state index is 11.5. The molecule has 1 aromatic carbocycles. The number of nitrogens with one attached hydrogen (secondary N) is 1. The maximum Gasteiger partial charge on any atom is 0.354 e. The highest BCUT2D eigenvalue weighted by Crippen LogP contribution is 2.37. The number of anilines is 2. The molecule has 0 amide bonds. The summed E-state index contributed by atoms with van der Waals surface area (Å²) in [6.45, 7) is 12.3. The number of rotatable bonds is 8. The summed E-state index contributed by atoms with van der Waals surface area (Å²) >= 11 is 3.65. The predicted molar refractivity (Wildman–Crippen MR) is 134 cm³/mol. The second-order valence-electron chi connectivity index (χ2n) is 9.04. The van der Waals surface area contributed by atoms with E-state index in [4.69, 9.17) is 0 Å². The van der Waals surface area contributed by atoms with Gasteiger partial charge in [-0.1, -0.05) is 40.2 Å². The van der Waals surface area contributed by atoms with Crippen LogP contribution in [0, 0.1) is 5.92 Å². The molecule has 1 aromatic heterocycles. The van der Waals surface area contributed by atoms with Crippen LogP contribution in [0.4, 0.5) is 11.6 Å². The van der Waals surface area contributed by atoms with Gasteiger partial charge in [-0.2, -0.15) is 0 Å². The van der Waals surface area contributed by atoms with Gasteiger partial charge in [0.15, 0.2) is 5.69 Å². The number of aromatic nitrogens is 2. The number of halogens is 1. The van der Waals surface area contributed by atoms with E-state index in [-0.39, 0.29) is 0 Å². The topological polar surface area (TPSA) is 70.4 Å². The third-order valence-corrected chi connectivity index (χ3v) is 6.99. The Morgan fingerprint density at radius 2 is 2.03 bits per heavy atom. The lowest BCUT2D eigenvalue weighted by Gasteiger charge is -2.25. The first kappa shape index (κ1) is 24.8. The van der Waals surface area contributed by atoms with Crippen molar-refractivity contribution in [1.82, 2.24) is 14.9 Å². The van der Waals surface area contributed by atoms with E-state index in [9.17, 15) is 9.90 Å². The Kier molecular flexibility index (Phi) is 8.77. The number of fused-ring (bicyclic) bond motifs is 1. The van der Waals surface area contributed by atoms with Crippen molar-refractivity contribution in [1.29, 1.82) is 0 Å². The van der Waals surface area contributed by atoms with Crippen LogP contribution in [0.25, 0.3) is 0 Å². The first-order valence-electron chi connectivity index (χ1n) is 12.0. The second kappa shape index (κ2) is 11.3. The van der Waals surface area contributed by atoms with E-state index >= 15 is 0 Å². The molecule has 32 heavy (non-hydrogen) atoms. The first-order chi connectivity index (χ1) is 15.4. The first-order valence-corrected chi connectivity index (χ1v) is 12.8. The fourth-order valence-electron chi connectivity index (χ4n) is 4.20. The van der Waals surface area contributed by atoms with Crippen LogP contribution < -0.4 is 10.2 Å². The Labute approximate surface area is 200 Å². The zero-order valence-electron chi connectivity index (χ0n) is 19.8. The van der Waals surface area contributed by atoms with Gasteiger partial charge < -0.3 is 19.9 Å². The number of nitrogens with zero attached hydrogens (tertiary/aromatic N) is 3. The number of carbonyl (C=O) groups is 1. The third kappa shape index (κ3) is 5.54. The van der Waals surface area contributed by atoms with E-state index in [2.05, 4.69) is 70.1 Å². The molecule has 1 saturated carbocycles. The summed E-state index contributed by atoms with van der Waals surface area (Å²) in [5, 5.41) is 12.9. The van der Waals surface area contributed by atoms with Crippen molar-refractivity contribution in [2.75, 3.05) is 24.5 Å². The SMILES string of the molecule is CCCNCC1CCC1.CCc1nc2n(c1C(=O)O)CCN2c1ccc(C(C)C)cc1Br. The van der Waals surface area contributed by atoms with Crippen molar-refractivity contribution < 1.29 is 9.90 Å². The Bertz CT molecular complexity index is 921. The van der Waals surface area contributed by atoms with Crippen LogP contribution in [0.5, 0.6) is 0 Å². The molecule has 176 valence electrons. The van der Waals surface area contributed by atoms with E-state index in [0.29, 0.717) is 30.3 Å². The van der Waals surface area contributed by atoms with Crippen LogP contribution in [-0.4, -0.2) is 40.3 Å². The van der Waals surface area contributed by atoms with Crippen LogP contribution in [0.2, 0.25) is 0 Å². The largest absolute Gasteiger partial charge is 0.477 e. The lowest BCUT2D eigenvalue weighted by molar-refractivity contribution is 0.0684. The number of benzene rings is 1. The van der Waals surface area contributed by atoms with E-state index in [1.165, 1.54) is 44.3 Å². The fraction of sp³-hybridized carbons (Fsp3) is 0.600. The Morgan fingerprint density at radius 1 is 1.28 bits per heavy atom. The second-order valence-corrected chi connectivity index (χ2v) is 9.89. The molecular formula is C25H37BrN4O2. The fourth-order valence-corrected chi connectivity index (χ4v) is 4.81. The van der Waals surface area contributed by atoms with Gasteiger partial charge in [-0.25, -0.2) is 9.78 Å². The minimum absolute atomic E-state index is 0.319. The number of aryl methyl sites for hydroxylation is 1. The van der Waals surface area contributed by atoms with Gasteiger partial charge in [0.05, 0.1) is 11.4 Å². The number of imidazole rings is 1. The maximum absolute atomic E-state index is 11.5. The molecule has 0 unspecified atom stereocenters. The highest BCUT2D eigenvalue weighted by molar-refractivity contribution is 9.10. The third-order valence-electron chi connectivity index (χ3n) is 6.36. The van der Waals surface area contributed by atoms with Crippen molar-refractivity contribution in [2.45, 2.75) is 72.3 Å². The summed E-state index contributed by atoms with van der Waals surface area (Å²) in [6, 6.07) is 6.33. The minimum Gasteiger partial charge on any atom is -0.477 e. The van der Waals surface area contributed by atoms with Gasteiger partial charge in [0.1, 0.15) is 0 Å². The lowest BCUT2D eigenvalue weighted by atomic mass is 9.85. The van der Waals surface area contributed by atoms with Crippen LogP contribution in [-0.2, 0) is 13.0 Å². The van der Waals surface area contributed by atoms with E-state index in [1.807, 2.05) is 11.5 Å². The average Bonchev–Trinajstić information content (AvgIpc) is 3.29. The molecule has 0 bridgehead atoms. The molecule has 7 heteroatoms. The molecular weight excluding hydrogens is 468 g/mol. The average molecular weight is 506 g/mol. The van der Waals surface area contributed by atoms with Gasteiger partial charge in [-0.05, 0) is 84.2 Å². The standard InChI is InChI=1S/C17H20BrN3O2.C8H17N/c1-4-13-15(16(22)23)21-8-7-20(17(21)19-13)14-6-5-11(10(2)3)9-12(14)18;1-2-6-9-7-8-4-3-5-8/h5-6,9-10H,4,7-8H2,1-3H3,(H,22,23);8-9H,2-7H2,1H3. The van der Waals surface area contributed by atoms with E-state index in [1.54, 1.807) is 0 Å². The van der Waals surface area contributed by atoms with Gasteiger partial charge in [-0.15, -0.1) is 0 Å². The summed E-state index contributed by atoms with van der Waals surface area (Å²) in [5.74, 6) is 1.30. The van der Waals surface area contributed by atoms with Crippen molar-refractivity contribution in [3.8, 4) is 0 Å². The lowest BCUT2D eigenvalue weighted by Crippen LogP contribution is -2.27. The van der Waals surface area contributed by atoms with Crippen LogP contribution in [0.3, 0.4) is 0 Å². The molecule has 0 spiro atoms. The van der Waals surface area contributed by atoms with Crippen molar-refractivity contribution >= 4 is 33.5 Å². The molecule has 0 saturated heterocycles. The van der Waals surface area contributed by atoms with Crippen LogP contribution in [0.15, 0.2) is 22.7 Å². The quantitative estimate of drug-likeness (QED) is 0.433. The molecule has 6 nitrogen and oxygen atoms in total. The van der Waals surface area contributed by atoms with Gasteiger partial charge in [0.25, 0.3) is 0 Å².